The first kappa shape index (κ1) is 16.0. The quantitative estimate of drug-likeness (QED) is 0.207. The van der Waals surface area contributed by atoms with Crippen molar-refractivity contribution in [1.82, 2.24) is 0 Å². The monoisotopic (exact) mass is 260 g/mol. The Balaban J connectivity index is 3.95. The molecule has 0 amide bonds. The molecule has 0 saturated heterocycles. The Bertz CT molecular complexity index is 265. The molecule has 0 rings (SSSR count). The van der Waals surface area contributed by atoms with Gasteiger partial charge in [0.05, 0.1) is 12.2 Å². The van der Waals surface area contributed by atoms with Crippen LogP contribution in [0.4, 0.5) is 0 Å². The molecule has 0 spiro atoms. The van der Waals surface area contributed by atoms with E-state index < -0.39 is 14.8 Å². The largest absolute Gasteiger partial charge is 0.500 e. The van der Waals surface area contributed by atoms with Crippen LogP contribution in [0.25, 0.3) is 0 Å². The van der Waals surface area contributed by atoms with Crippen molar-refractivity contribution in [2.75, 3.05) is 27.9 Å². The fourth-order valence-electron chi connectivity index (χ4n) is 1.19. The maximum absolute atomic E-state index is 11.2. The van der Waals surface area contributed by atoms with Gasteiger partial charge in [0.25, 0.3) is 0 Å². The number of hydrogen-bond donors (Lipinski definition) is 0. The van der Waals surface area contributed by atoms with Gasteiger partial charge >= 0.3 is 14.8 Å². The summed E-state index contributed by atoms with van der Waals surface area (Å²) < 4.78 is 20.7. The zero-order valence-corrected chi connectivity index (χ0v) is 11.7. The summed E-state index contributed by atoms with van der Waals surface area (Å²) in [5, 5.41) is 0. The van der Waals surface area contributed by atoms with E-state index in [1.54, 1.807) is 21.3 Å². The Morgan fingerprint density at radius 3 is 2.18 bits per heavy atom. The minimum absolute atomic E-state index is 0.249. The van der Waals surface area contributed by atoms with Crippen LogP contribution >= 0.6 is 0 Å². The molecular formula is C11H20O5Si. The number of hydrogen-bond acceptors (Lipinski definition) is 5. The molecule has 0 N–H and O–H groups in total. The van der Waals surface area contributed by atoms with Gasteiger partial charge in [-0.1, -0.05) is 19.2 Å². The molecule has 0 fully saturated rings. The fourth-order valence-corrected chi connectivity index (χ4v) is 2.88. The summed E-state index contributed by atoms with van der Waals surface area (Å²) >= 11 is 0. The van der Waals surface area contributed by atoms with E-state index in [0.717, 1.165) is 0 Å². The average Bonchev–Trinajstić information content (AvgIpc) is 2.38. The number of esters is 1. The number of carbonyl (C=O) groups excluding carboxylic acids is 1. The van der Waals surface area contributed by atoms with Crippen LogP contribution in [0.3, 0.4) is 0 Å². The van der Waals surface area contributed by atoms with E-state index in [0.29, 0.717) is 12.5 Å². The van der Waals surface area contributed by atoms with Crippen molar-refractivity contribution >= 4 is 14.8 Å². The van der Waals surface area contributed by atoms with E-state index in [-0.39, 0.29) is 12.2 Å². The van der Waals surface area contributed by atoms with Gasteiger partial charge in [0.2, 0.25) is 0 Å². The van der Waals surface area contributed by atoms with Crippen molar-refractivity contribution in [3.8, 4) is 0 Å². The van der Waals surface area contributed by atoms with E-state index in [9.17, 15) is 4.79 Å². The number of ether oxygens (including phenoxy) is 1. The molecule has 0 unspecified atom stereocenters. The van der Waals surface area contributed by atoms with Crippen molar-refractivity contribution in [3.63, 3.8) is 0 Å². The summed E-state index contributed by atoms with van der Waals surface area (Å²) in [5.41, 5.74) is 0.249. The predicted octanol–water partition coefficient (Wildman–Crippen LogP) is 1.54. The van der Waals surface area contributed by atoms with Gasteiger partial charge in [-0.15, -0.1) is 0 Å². The first-order valence-corrected chi connectivity index (χ1v) is 7.12. The van der Waals surface area contributed by atoms with Gasteiger partial charge in [-0.05, 0) is 6.42 Å². The molecule has 6 heteroatoms. The van der Waals surface area contributed by atoms with Crippen molar-refractivity contribution in [3.05, 3.63) is 24.8 Å². The maximum Gasteiger partial charge on any atom is 0.500 e. The third-order valence-corrected chi connectivity index (χ3v) is 5.13. The van der Waals surface area contributed by atoms with Crippen LogP contribution in [0, 0.1) is 0 Å². The molecule has 17 heavy (non-hydrogen) atoms. The molecule has 0 aliphatic carbocycles. The van der Waals surface area contributed by atoms with E-state index in [1.165, 1.54) is 6.08 Å². The van der Waals surface area contributed by atoms with Crippen LogP contribution in [0.1, 0.15) is 6.42 Å². The van der Waals surface area contributed by atoms with Crippen LogP contribution in [0.15, 0.2) is 24.8 Å². The highest BCUT2D eigenvalue weighted by Crippen LogP contribution is 2.15. The molecule has 0 aliphatic rings. The van der Waals surface area contributed by atoms with Crippen molar-refractivity contribution in [1.29, 1.82) is 0 Å². The number of rotatable bonds is 9. The topological polar surface area (TPSA) is 54.0 Å². The summed E-state index contributed by atoms with van der Waals surface area (Å²) in [6, 6.07) is 0.588. The first-order chi connectivity index (χ1) is 8.05. The Labute approximate surface area is 103 Å². The minimum Gasteiger partial charge on any atom is -0.462 e. The van der Waals surface area contributed by atoms with Crippen LogP contribution < -0.4 is 0 Å². The molecule has 0 aromatic heterocycles. The fraction of sp³-hybridized carbons (Fsp3) is 0.545. The third-order valence-electron chi connectivity index (χ3n) is 2.30. The average molecular weight is 260 g/mol. The Hall–Kier alpha value is -0.953. The Kier molecular flexibility index (Phi) is 7.73. The molecule has 0 radical (unpaired) electrons. The highest BCUT2D eigenvalue weighted by atomic mass is 28.4. The molecule has 0 aromatic carbocycles. The van der Waals surface area contributed by atoms with Gasteiger partial charge in [0.15, 0.2) is 0 Å². The maximum atomic E-state index is 11.2. The van der Waals surface area contributed by atoms with Gasteiger partial charge in [0.1, 0.15) is 0 Å². The molecule has 0 aromatic rings. The second-order valence-electron chi connectivity index (χ2n) is 3.26. The summed E-state index contributed by atoms with van der Waals surface area (Å²) in [6.45, 7) is 7.20. The van der Waals surface area contributed by atoms with Crippen molar-refractivity contribution < 1.29 is 22.8 Å². The molecule has 0 bridgehead atoms. The van der Waals surface area contributed by atoms with Crippen molar-refractivity contribution in [2.24, 2.45) is 0 Å². The molecule has 0 atom stereocenters. The molecular weight excluding hydrogens is 240 g/mol. The zero-order valence-electron chi connectivity index (χ0n) is 10.7. The van der Waals surface area contributed by atoms with Gasteiger partial charge in [-0.3, -0.25) is 0 Å². The lowest BCUT2D eigenvalue weighted by Crippen LogP contribution is -2.42. The van der Waals surface area contributed by atoms with Crippen molar-refractivity contribution in [2.45, 2.75) is 12.5 Å². The van der Waals surface area contributed by atoms with Crippen LogP contribution in [0.5, 0.6) is 0 Å². The summed E-state index contributed by atoms with van der Waals surface area (Å²) in [7, 11) is 2.08. The van der Waals surface area contributed by atoms with Gasteiger partial charge in [-0.2, -0.15) is 0 Å². The molecule has 98 valence electrons. The van der Waals surface area contributed by atoms with Gasteiger partial charge in [0, 0.05) is 27.4 Å². The first-order valence-electron chi connectivity index (χ1n) is 5.19. The Morgan fingerprint density at radius 1 is 1.24 bits per heavy atom. The van der Waals surface area contributed by atoms with Gasteiger partial charge < -0.3 is 18.0 Å². The molecule has 0 saturated carbocycles. The van der Waals surface area contributed by atoms with Crippen LogP contribution in [0.2, 0.25) is 6.04 Å². The molecule has 5 nitrogen and oxygen atoms in total. The highest BCUT2D eigenvalue weighted by Gasteiger charge is 2.36. The van der Waals surface area contributed by atoms with E-state index in [1.807, 2.05) is 0 Å². The second kappa shape index (κ2) is 8.18. The standard InChI is InChI=1S/C11H20O5Si/c1-6-10(2)11(12)16-8-7-9-17(13-3,14-4)15-5/h6H,1-2,7-9H2,3-5H3. The van der Waals surface area contributed by atoms with E-state index in [4.69, 9.17) is 18.0 Å². The SMILES string of the molecule is C=CC(=C)C(=O)OCCC[Si](OC)(OC)OC. The minimum atomic E-state index is -2.56. The van der Waals surface area contributed by atoms with Crippen LogP contribution in [-0.4, -0.2) is 42.7 Å². The van der Waals surface area contributed by atoms with Crippen LogP contribution in [-0.2, 0) is 22.8 Å². The third kappa shape index (κ3) is 5.27. The number of carbonyl (C=O) groups is 1. The Morgan fingerprint density at radius 2 is 1.76 bits per heavy atom. The summed E-state index contributed by atoms with van der Waals surface area (Å²) in [6.07, 6.45) is 1.97. The van der Waals surface area contributed by atoms with E-state index >= 15 is 0 Å². The normalized spacial score (nSPS) is 11.0. The second-order valence-corrected chi connectivity index (χ2v) is 6.35. The van der Waals surface area contributed by atoms with Gasteiger partial charge in [-0.25, -0.2) is 4.79 Å². The molecule has 0 aliphatic heterocycles. The zero-order chi connectivity index (χ0) is 13.3. The van der Waals surface area contributed by atoms with E-state index in [2.05, 4.69) is 13.2 Å². The lowest BCUT2D eigenvalue weighted by atomic mass is 10.3. The highest BCUT2D eigenvalue weighted by molar-refractivity contribution is 6.60. The lowest BCUT2D eigenvalue weighted by molar-refractivity contribution is -0.138. The summed E-state index contributed by atoms with van der Waals surface area (Å²) in [4.78, 5) is 11.2. The smallest absolute Gasteiger partial charge is 0.462 e. The summed E-state index contributed by atoms with van der Waals surface area (Å²) in [5.74, 6) is -0.459. The predicted molar refractivity (Wildman–Crippen MR) is 66.5 cm³/mol. The lowest BCUT2D eigenvalue weighted by Gasteiger charge is -2.24. The molecule has 0 heterocycles.